The van der Waals surface area contributed by atoms with E-state index in [0.717, 1.165) is 0 Å². The Kier molecular flexibility index (Phi) is 4.23. The van der Waals surface area contributed by atoms with Crippen LogP contribution in [-0.2, 0) is 0 Å². The maximum absolute atomic E-state index is 12.3. The molecule has 0 saturated heterocycles. The predicted octanol–water partition coefficient (Wildman–Crippen LogP) is 3.54. The third-order valence-electron chi connectivity index (χ3n) is 2.73. The van der Waals surface area contributed by atoms with Gasteiger partial charge in [-0.3, -0.25) is 4.79 Å². The number of halogens is 2. The Hall–Kier alpha value is -2.09. The van der Waals surface area contributed by atoms with Gasteiger partial charge in [-0.1, -0.05) is 23.2 Å². The molecule has 0 fully saturated rings. The van der Waals surface area contributed by atoms with Gasteiger partial charge in [0, 0.05) is 18.9 Å². The molecule has 0 bridgehead atoms. The fraction of sp³-hybridized carbons (Fsp3) is 0.0714. The fourth-order valence-electron chi connectivity index (χ4n) is 1.61. The van der Waals surface area contributed by atoms with Crippen molar-refractivity contribution < 1.29 is 4.79 Å². The first-order chi connectivity index (χ1) is 9.52. The largest absolute Gasteiger partial charge is 0.311 e. The number of rotatable bonds is 2. The lowest BCUT2D eigenvalue weighted by Crippen LogP contribution is -2.26. The topological polar surface area (TPSA) is 57.0 Å². The summed E-state index contributed by atoms with van der Waals surface area (Å²) in [4.78, 5) is 17.6. The molecule has 0 N–H and O–H groups in total. The molecule has 0 unspecified atom stereocenters. The second kappa shape index (κ2) is 5.91. The van der Waals surface area contributed by atoms with E-state index in [1.165, 1.54) is 17.2 Å². The van der Waals surface area contributed by atoms with Crippen molar-refractivity contribution in [2.75, 3.05) is 11.9 Å². The van der Waals surface area contributed by atoms with Crippen LogP contribution in [0.5, 0.6) is 0 Å². The van der Waals surface area contributed by atoms with Gasteiger partial charge in [0.05, 0.1) is 22.2 Å². The second-order valence-electron chi connectivity index (χ2n) is 4.02. The lowest BCUT2D eigenvalue weighted by atomic mass is 10.2. The molecule has 20 heavy (non-hydrogen) atoms. The summed E-state index contributed by atoms with van der Waals surface area (Å²) >= 11 is 11.6. The Morgan fingerprint density at radius 2 is 1.95 bits per heavy atom. The SMILES string of the molecule is CN(C(=O)c1cnc(Cl)c(Cl)c1)c1ccc(C#N)cc1. The van der Waals surface area contributed by atoms with Gasteiger partial charge in [-0.15, -0.1) is 0 Å². The van der Waals surface area contributed by atoms with E-state index in [2.05, 4.69) is 4.98 Å². The average molecular weight is 306 g/mol. The molecule has 0 spiro atoms. The molecule has 0 aliphatic rings. The van der Waals surface area contributed by atoms with E-state index in [0.29, 0.717) is 16.8 Å². The van der Waals surface area contributed by atoms with Crippen LogP contribution in [0.4, 0.5) is 5.69 Å². The summed E-state index contributed by atoms with van der Waals surface area (Å²) in [7, 11) is 1.63. The molecule has 1 heterocycles. The van der Waals surface area contributed by atoms with Gasteiger partial charge < -0.3 is 4.90 Å². The highest BCUT2D eigenvalue weighted by atomic mass is 35.5. The summed E-state index contributed by atoms with van der Waals surface area (Å²) in [6.07, 6.45) is 1.37. The molecule has 0 aliphatic carbocycles. The van der Waals surface area contributed by atoms with Crippen molar-refractivity contribution in [3.8, 4) is 6.07 Å². The maximum Gasteiger partial charge on any atom is 0.259 e. The monoisotopic (exact) mass is 305 g/mol. The summed E-state index contributed by atoms with van der Waals surface area (Å²) in [6.45, 7) is 0. The van der Waals surface area contributed by atoms with Crippen LogP contribution < -0.4 is 4.90 Å². The normalized spacial score (nSPS) is 9.90. The van der Waals surface area contributed by atoms with Crippen molar-refractivity contribution in [2.45, 2.75) is 0 Å². The molecule has 4 nitrogen and oxygen atoms in total. The number of amides is 1. The number of pyridine rings is 1. The van der Waals surface area contributed by atoms with E-state index in [1.807, 2.05) is 6.07 Å². The smallest absolute Gasteiger partial charge is 0.259 e. The molecule has 1 aromatic heterocycles. The van der Waals surface area contributed by atoms with Crippen LogP contribution in [0.1, 0.15) is 15.9 Å². The Morgan fingerprint density at radius 3 is 2.50 bits per heavy atom. The summed E-state index contributed by atoms with van der Waals surface area (Å²) in [5, 5.41) is 9.13. The molecular formula is C14H9Cl2N3O. The number of benzene rings is 1. The van der Waals surface area contributed by atoms with E-state index in [9.17, 15) is 4.79 Å². The van der Waals surface area contributed by atoms with Crippen molar-refractivity contribution in [1.82, 2.24) is 4.98 Å². The first-order valence-corrected chi connectivity index (χ1v) is 6.38. The van der Waals surface area contributed by atoms with E-state index in [-0.39, 0.29) is 16.1 Å². The Labute approximate surface area is 126 Å². The summed E-state index contributed by atoms with van der Waals surface area (Å²) in [6, 6.07) is 10.2. The van der Waals surface area contributed by atoms with E-state index < -0.39 is 0 Å². The lowest BCUT2D eigenvalue weighted by molar-refractivity contribution is 0.0992. The summed E-state index contributed by atoms with van der Waals surface area (Å²) in [5.74, 6) is -0.263. The van der Waals surface area contributed by atoms with Crippen molar-refractivity contribution >= 4 is 34.8 Å². The molecule has 0 aliphatic heterocycles. The fourth-order valence-corrected chi connectivity index (χ4v) is 1.88. The molecule has 1 aromatic carbocycles. The number of nitriles is 1. The number of nitrogens with zero attached hydrogens (tertiary/aromatic N) is 3. The summed E-state index contributed by atoms with van der Waals surface area (Å²) < 4.78 is 0. The first-order valence-electron chi connectivity index (χ1n) is 5.62. The Morgan fingerprint density at radius 1 is 1.30 bits per heavy atom. The molecule has 100 valence electrons. The molecular weight excluding hydrogens is 297 g/mol. The minimum absolute atomic E-state index is 0.157. The van der Waals surface area contributed by atoms with Gasteiger partial charge in [-0.2, -0.15) is 5.26 Å². The van der Waals surface area contributed by atoms with Gasteiger partial charge in [0.25, 0.3) is 5.91 Å². The number of anilines is 1. The van der Waals surface area contributed by atoms with Crippen LogP contribution >= 0.6 is 23.2 Å². The quantitative estimate of drug-likeness (QED) is 0.797. The van der Waals surface area contributed by atoms with Crippen molar-refractivity contribution in [3.63, 3.8) is 0 Å². The average Bonchev–Trinajstić information content (AvgIpc) is 2.48. The number of aromatic nitrogens is 1. The van der Waals surface area contributed by atoms with Gasteiger partial charge >= 0.3 is 0 Å². The van der Waals surface area contributed by atoms with Gasteiger partial charge in [0.1, 0.15) is 5.15 Å². The van der Waals surface area contributed by atoms with Gasteiger partial charge in [-0.05, 0) is 30.3 Å². The number of hydrogen-bond acceptors (Lipinski definition) is 3. The van der Waals surface area contributed by atoms with Crippen LogP contribution in [-0.4, -0.2) is 17.9 Å². The van der Waals surface area contributed by atoms with Crippen LogP contribution in [0.3, 0.4) is 0 Å². The second-order valence-corrected chi connectivity index (χ2v) is 4.78. The third kappa shape index (κ3) is 2.90. The van der Waals surface area contributed by atoms with Gasteiger partial charge in [0.2, 0.25) is 0 Å². The van der Waals surface area contributed by atoms with Crippen LogP contribution in [0.25, 0.3) is 0 Å². The zero-order valence-corrected chi connectivity index (χ0v) is 12.0. The molecule has 0 radical (unpaired) electrons. The van der Waals surface area contributed by atoms with Gasteiger partial charge in [0.15, 0.2) is 0 Å². The minimum Gasteiger partial charge on any atom is -0.311 e. The zero-order chi connectivity index (χ0) is 14.7. The van der Waals surface area contributed by atoms with Gasteiger partial charge in [-0.25, -0.2) is 4.98 Å². The first kappa shape index (κ1) is 14.3. The molecule has 2 rings (SSSR count). The standard InChI is InChI=1S/C14H9Cl2N3O/c1-19(11-4-2-9(7-17)3-5-11)14(20)10-6-12(15)13(16)18-8-10/h2-6,8H,1H3. The summed E-state index contributed by atoms with van der Waals surface area (Å²) in [5.41, 5.74) is 1.54. The van der Waals surface area contributed by atoms with E-state index in [1.54, 1.807) is 31.3 Å². The van der Waals surface area contributed by atoms with Crippen LogP contribution in [0.15, 0.2) is 36.5 Å². The lowest BCUT2D eigenvalue weighted by Gasteiger charge is -2.17. The predicted molar refractivity (Wildman–Crippen MR) is 78.1 cm³/mol. The Bertz CT molecular complexity index is 693. The van der Waals surface area contributed by atoms with Crippen molar-refractivity contribution in [2.24, 2.45) is 0 Å². The number of carbonyl (C=O) groups excluding carboxylic acids is 1. The highest BCUT2D eigenvalue weighted by Gasteiger charge is 2.15. The van der Waals surface area contributed by atoms with Crippen LogP contribution in [0.2, 0.25) is 10.2 Å². The molecule has 2 aromatic rings. The third-order valence-corrected chi connectivity index (χ3v) is 3.42. The number of hydrogen-bond donors (Lipinski definition) is 0. The Balaban J connectivity index is 2.27. The molecule has 1 amide bonds. The van der Waals surface area contributed by atoms with E-state index >= 15 is 0 Å². The maximum atomic E-state index is 12.3. The van der Waals surface area contributed by atoms with Crippen molar-refractivity contribution in [3.05, 3.63) is 57.8 Å². The highest BCUT2D eigenvalue weighted by Crippen LogP contribution is 2.22. The molecule has 6 heteroatoms. The van der Waals surface area contributed by atoms with Crippen molar-refractivity contribution in [1.29, 1.82) is 5.26 Å². The zero-order valence-electron chi connectivity index (χ0n) is 10.5. The molecule has 0 atom stereocenters. The number of carbonyl (C=O) groups is 1. The van der Waals surface area contributed by atoms with Crippen LogP contribution in [0, 0.1) is 11.3 Å². The van der Waals surface area contributed by atoms with E-state index in [4.69, 9.17) is 28.5 Å². The molecule has 0 saturated carbocycles. The minimum atomic E-state index is -0.263. The highest BCUT2D eigenvalue weighted by molar-refractivity contribution is 6.41.